The van der Waals surface area contributed by atoms with E-state index >= 15 is 0 Å². The van der Waals surface area contributed by atoms with E-state index in [9.17, 15) is 0 Å². The molecule has 6 aromatic rings. The fourth-order valence-electron chi connectivity index (χ4n) is 4.83. The van der Waals surface area contributed by atoms with Crippen LogP contribution in [-0.2, 0) is 6.61 Å². The molecule has 0 bridgehead atoms. The number of rotatable bonds is 5. The molecule has 192 valence electrons. The molecule has 39 heavy (non-hydrogen) atoms. The molecule has 11 heteroatoms. The van der Waals surface area contributed by atoms with E-state index in [-0.39, 0.29) is 12.5 Å². The molecule has 5 heterocycles. The Labute approximate surface area is 232 Å². The van der Waals surface area contributed by atoms with Crippen molar-refractivity contribution in [2.45, 2.75) is 19.4 Å². The van der Waals surface area contributed by atoms with E-state index < -0.39 is 0 Å². The Morgan fingerprint density at radius 1 is 0.974 bits per heavy atom. The average molecular weight is 556 g/mol. The minimum Gasteiger partial charge on any atom is -0.486 e. The zero-order chi connectivity index (χ0) is 26.5. The number of nitrogens with zero attached hydrogens (tertiary/aromatic N) is 7. The molecular weight excluding hydrogens is 537 g/mol. The molecule has 9 nitrogen and oxygen atoms in total. The Bertz CT molecular complexity index is 1840. The first kappa shape index (κ1) is 23.6. The van der Waals surface area contributed by atoms with Gasteiger partial charge in [0.15, 0.2) is 11.5 Å². The van der Waals surface area contributed by atoms with Crippen molar-refractivity contribution in [2.75, 3.05) is 0 Å². The summed E-state index contributed by atoms with van der Waals surface area (Å²) in [5.74, 6) is 1.87. The second-order valence-electron chi connectivity index (χ2n) is 9.02. The molecule has 0 N–H and O–H groups in total. The normalized spacial score (nSPS) is 14.1. The van der Waals surface area contributed by atoms with Gasteiger partial charge >= 0.3 is 0 Å². The van der Waals surface area contributed by atoms with Crippen LogP contribution in [0.1, 0.15) is 34.1 Å². The highest BCUT2D eigenvalue weighted by Gasteiger charge is 2.38. The van der Waals surface area contributed by atoms with Crippen molar-refractivity contribution < 1.29 is 9.47 Å². The van der Waals surface area contributed by atoms with E-state index in [1.165, 1.54) is 0 Å². The van der Waals surface area contributed by atoms with E-state index in [0.717, 1.165) is 28.1 Å². The van der Waals surface area contributed by atoms with Crippen molar-refractivity contribution in [1.29, 1.82) is 0 Å². The Kier molecular flexibility index (Phi) is 5.68. The largest absolute Gasteiger partial charge is 0.486 e. The fraction of sp³-hybridized carbons (Fsp3) is 0.107. The first-order chi connectivity index (χ1) is 19.0. The van der Waals surface area contributed by atoms with Crippen LogP contribution in [0.2, 0.25) is 10.0 Å². The van der Waals surface area contributed by atoms with Gasteiger partial charge in [0.25, 0.3) is 0 Å². The van der Waals surface area contributed by atoms with E-state index in [1.54, 1.807) is 46.0 Å². The van der Waals surface area contributed by atoms with Gasteiger partial charge in [0, 0.05) is 22.4 Å². The first-order valence-electron chi connectivity index (χ1n) is 12.1. The summed E-state index contributed by atoms with van der Waals surface area (Å²) in [7, 11) is 0. The van der Waals surface area contributed by atoms with Crippen LogP contribution in [0.25, 0.3) is 11.3 Å². The lowest BCUT2D eigenvalue weighted by Crippen LogP contribution is -2.16. The molecule has 0 spiro atoms. The topological polar surface area (TPSA) is 92.3 Å². The molecule has 2 aromatic carbocycles. The van der Waals surface area contributed by atoms with Crippen molar-refractivity contribution in [3.05, 3.63) is 118 Å². The summed E-state index contributed by atoms with van der Waals surface area (Å²) in [6.07, 6.45) is 5.17. The van der Waals surface area contributed by atoms with Crippen LogP contribution in [0.4, 0.5) is 0 Å². The number of ether oxygens (including phenoxy) is 2. The van der Waals surface area contributed by atoms with E-state index in [2.05, 4.69) is 15.1 Å². The predicted octanol–water partition coefficient (Wildman–Crippen LogP) is 6.19. The van der Waals surface area contributed by atoms with Crippen LogP contribution in [-0.4, -0.2) is 34.3 Å². The third kappa shape index (κ3) is 4.16. The van der Waals surface area contributed by atoms with Crippen molar-refractivity contribution in [3.8, 4) is 23.2 Å². The molecular formula is C28H19Cl2N7O2. The molecule has 0 aliphatic carbocycles. The smallest absolute Gasteiger partial charge is 0.230 e. The lowest BCUT2D eigenvalue weighted by Gasteiger charge is -2.26. The monoisotopic (exact) mass is 555 g/mol. The van der Waals surface area contributed by atoms with E-state index in [1.807, 2.05) is 49.5 Å². The van der Waals surface area contributed by atoms with Crippen molar-refractivity contribution in [1.82, 2.24) is 34.3 Å². The fourth-order valence-corrected chi connectivity index (χ4v) is 5.14. The molecule has 1 aliphatic heterocycles. The average Bonchev–Trinajstić information content (AvgIpc) is 3.52. The van der Waals surface area contributed by atoms with Gasteiger partial charge < -0.3 is 9.47 Å². The second kappa shape index (κ2) is 9.37. The third-order valence-electron chi connectivity index (χ3n) is 6.52. The van der Waals surface area contributed by atoms with Crippen molar-refractivity contribution >= 4 is 28.8 Å². The highest BCUT2D eigenvalue weighted by atomic mass is 35.5. The maximum atomic E-state index is 6.43. The Morgan fingerprint density at radius 2 is 1.85 bits per heavy atom. The van der Waals surface area contributed by atoms with Gasteiger partial charge in [-0.1, -0.05) is 35.3 Å². The molecule has 0 amide bonds. The molecule has 0 fully saturated rings. The van der Waals surface area contributed by atoms with Gasteiger partial charge in [-0.25, -0.2) is 19.2 Å². The predicted molar refractivity (Wildman–Crippen MR) is 145 cm³/mol. The Balaban J connectivity index is 1.36. The lowest BCUT2D eigenvalue weighted by molar-refractivity contribution is 0.296. The molecule has 1 atom stereocenters. The Hall–Kier alpha value is -4.47. The highest BCUT2D eigenvalue weighted by molar-refractivity contribution is 6.31. The number of aromatic nitrogens is 7. The zero-order valence-corrected chi connectivity index (χ0v) is 22.0. The van der Waals surface area contributed by atoms with Crippen LogP contribution < -0.4 is 9.47 Å². The molecule has 0 unspecified atom stereocenters. The summed E-state index contributed by atoms with van der Waals surface area (Å²) < 4.78 is 15.7. The van der Waals surface area contributed by atoms with E-state index in [4.69, 9.17) is 42.8 Å². The minimum absolute atomic E-state index is 0.174. The molecule has 0 radical (unpaired) electrons. The van der Waals surface area contributed by atoms with E-state index in [0.29, 0.717) is 39.0 Å². The lowest BCUT2D eigenvalue weighted by atomic mass is 9.85. The minimum atomic E-state index is -0.296. The van der Waals surface area contributed by atoms with Gasteiger partial charge in [0.05, 0.1) is 28.4 Å². The number of hydrogen-bond donors (Lipinski definition) is 0. The summed E-state index contributed by atoms with van der Waals surface area (Å²) in [6, 6.07) is 18.5. The number of benzene rings is 2. The maximum Gasteiger partial charge on any atom is 0.230 e. The summed E-state index contributed by atoms with van der Waals surface area (Å²) in [5.41, 5.74) is 4.82. The third-order valence-corrected chi connectivity index (χ3v) is 7.00. The van der Waals surface area contributed by atoms with Crippen LogP contribution >= 0.6 is 23.2 Å². The summed E-state index contributed by atoms with van der Waals surface area (Å²) in [4.78, 5) is 13.8. The zero-order valence-electron chi connectivity index (χ0n) is 20.5. The van der Waals surface area contributed by atoms with Gasteiger partial charge in [-0.2, -0.15) is 5.10 Å². The van der Waals surface area contributed by atoms with Crippen molar-refractivity contribution in [2.24, 2.45) is 0 Å². The molecule has 0 saturated carbocycles. The van der Waals surface area contributed by atoms with Gasteiger partial charge in [0.2, 0.25) is 11.8 Å². The van der Waals surface area contributed by atoms with Gasteiger partial charge in [-0.15, -0.1) is 5.10 Å². The second-order valence-corrected chi connectivity index (χ2v) is 9.89. The molecule has 1 aliphatic rings. The Morgan fingerprint density at radius 3 is 2.64 bits per heavy atom. The first-order valence-corrected chi connectivity index (χ1v) is 12.9. The standard InChI is InChI=1S/C28H19Cl2N7O2/c1-16-23-24(17-4-3-11-31-13-17)25-26-33-22(14-38-21-9-7-18(29)8-10-21)35-36(26)15-32-27(25)39-28(23)37(34-16)20-6-2-5-19(30)12-20/h2-13,15,24H,14H2,1H3/t24-/m1/s1. The highest BCUT2D eigenvalue weighted by Crippen LogP contribution is 2.49. The van der Waals surface area contributed by atoms with Crippen LogP contribution in [0, 0.1) is 6.92 Å². The van der Waals surface area contributed by atoms with Crippen molar-refractivity contribution in [3.63, 3.8) is 0 Å². The van der Waals surface area contributed by atoms with Crippen LogP contribution in [0.3, 0.4) is 0 Å². The number of aryl methyl sites for hydroxylation is 1. The number of halogens is 2. The number of fused-ring (bicyclic) bond motifs is 4. The quantitative estimate of drug-likeness (QED) is 0.250. The molecule has 4 aromatic heterocycles. The maximum absolute atomic E-state index is 6.43. The summed E-state index contributed by atoms with van der Waals surface area (Å²) in [6.45, 7) is 2.13. The number of hydrogen-bond acceptors (Lipinski definition) is 7. The van der Waals surface area contributed by atoms with Gasteiger partial charge in [-0.05, 0) is 61.0 Å². The SMILES string of the molecule is Cc1nn(-c2cccc(Cl)c2)c2c1[C@@H](c1cccnc1)c1c(ncn3nc(COc4ccc(Cl)cc4)nc13)O2. The van der Waals surface area contributed by atoms with Crippen LogP contribution in [0.15, 0.2) is 79.4 Å². The molecule has 0 saturated heterocycles. The number of pyridine rings is 1. The van der Waals surface area contributed by atoms with Crippen LogP contribution in [0.5, 0.6) is 17.5 Å². The van der Waals surface area contributed by atoms with Gasteiger partial charge in [0.1, 0.15) is 18.7 Å². The summed E-state index contributed by atoms with van der Waals surface area (Å²) >= 11 is 12.3. The molecule has 7 rings (SSSR count). The van der Waals surface area contributed by atoms with Gasteiger partial charge in [-0.3, -0.25) is 4.98 Å². The summed E-state index contributed by atoms with van der Waals surface area (Å²) in [5, 5.41) is 10.7.